The second-order valence-electron chi connectivity index (χ2n) is 8.39. The second kappa shape index (κ2) is 10.1. The summed E-state index contributed by atoms with van der Waals surface area (Å²) in [6, 6.07) is 9.67. The van der Waals surface area contributed by atoms with E-state index in [1.807, 2.05) is 30.3 Å². The first-order valence-electron chi connectivity index (χ1n) is 11.2. The van der Waals surface area contributed by atoms with Crippen molar-refractivity contribution in [2.45, 2.75) is 37.6 Å². The maximum Gasteiger partial charge on any atom is 0.242 e. The number of nitrogens with zero attached hydrogens (tertiary/aromatic N) is 1. The van der Waals surface area contributed by atoms with Crippen molar-refractivity contribution in [3.63, 3.8) is 0 Å². The predicted molar refractivity (Wildman–Crippen MR) is 119 cm³/mol. The molecule has 0 aliphatic carbocycles. The van der Waals surface area contributed by atoms with E-state index in [0.29, 0.717) is 43.5 Å². The Bertz CT molecular complexity index is 870. The topological polar surface area (TPSA) is 98.5 Å². The third kappa shape index (κ3) is 5.17. The van der Waals surface area contributed by atoms with Crippen molar-refractivity contribution < 1.29 is 14.3 Å². The number of nitrogens with two attached hydrogens (primary N) is 1. The van der Waals surface area contributed by atoms with Crippen LogP contribution in [-0.2, 0) is 16.8 Å². The van der Waals surface area contributed by atoms with Gasteiger partial charge in [-0.2, -0.15) is 0 Å². The van der Waals surface area contributed by atoms with Crippen molar-refractivity contribution in [1.82, 2.24) is 15.6 Å². The van der Waals surface area contributed by atoms with Crippen LogP contribution >= 0.6 is 0 Å². The molecule has 0 bridgehead atoms. The molecule has 31 heavy (non-hydrogen) atoms. The number of carbonyl (C=O) groups excluding carboxylic acids is 1. The van der Waals surface area contributed by atoms with Gasteiger partial charge in [-0.25, -0.2) is 0 Å². The van der Waals surface area contributed by atoms with Crippen LogP contribution in [0.3, 0.4) is 0 Å². The van der Waals surface area contributed by atoms with Gasteiger partial charge in [-0.1, -0.05) is 6.07 Å². The van der Waals surface area contributed by atoms with E-state index >= 15 is 0 Å². The molecule has 2 aromatic rings. The number of rotatable bonds is 9. The summed E-state index contributed by atoms with van der Waals surface area (Å²) >= 11 is 0. The Hall–Kier alpha value is -2.64. The fraction of sp³-hybridized carbons (Fsp3) is 0.500. The quantitative estimate of drug-likeness (QED) is 0.571. The summed E-state index contributed by atoms with van der Waals surface area (Å²) in [5.41, 5.74) is 7.03. The monoisotopic (exact) mass is 424 g/mol. The highest BCUT2D eigenvalue weighted by Crippen LogP contribution is 2.36. The number of hydrogen-bond donors (Lipinski definition) is 3. The molecule has 4 rings (SSSR count). The van der Waals surface area contributed by atoms with Gasteiger partial charge in [0.15, 0.2) is 11.5 Å². The Balaban J connectivity index is 1.57. The van der Waals surface area contributed by atoms with Crippen LogP contribution in [-0.4, -0.2) is 43.7 Å². The molecule has 7 nitrogen and oxygen atoms in total. The SMILES string of the molecule is NC(=O)C(CCc1ccncc1)(NCCC1CCNCC1)c1ccc2c(c1)OCCO2. The Morgan fingerprint density at radius 3 is 2.61 bits per heavy atom. The van der Waals surface area contributed by atoms with Crippen LogP contribution in [0.4, 0.5) is 0 Å². The normalized spacial score (nSPS) is 18.3. The van der Waals surface area contributed by atoms with E-state index in [1.54, 1.807) is 12.4 Å². The zero-order valence-electron chi connectivity index (χ0n) is 17.9. The molecule has 1 saturated heterocycles. The molecule has 166 valence electrons. The number of fused-ring (bicyclic) bond motifs is 1. The van der Waals surface area contributed by atoms with E-state index in [9.17, 15) is 4.79 Å². The standard InChI is InChI=1S/C24H32N4O3/c25-23(29)24(9-3-18-4-10-26-11-5-18,28-14-8-19-6-12-27-13-7-19)20-1-2-21-22(17-20)31-16-15-30-21/h1-2,4-5,10-11,17,19,27-28H,3,6-9,12-16H2,(H2,25,29). The summed E-state index contributed by atoms with van der Waals surface area (Å²) in [7, 11) is 0. The van der Waals surface area contributed by atoms with E-state index in [0.717, 1.165) is 37.2 Å². The molecule has 1 fully saturated rings. The molecule has 1 aromatic heterocycles. The van der Waals surface area contributed by atoms with Crippen LogP contribution in [0.5, 0.6) is 11.5 Å². The molecule has 0 saturated carbocycles. The van der Waals surface area contributed by atoms with Crippen LogP contribution < -0.4 is 25.8 Å². The number of primary amides is 1. The van der Waals surface area contributed by atoms with Crippen molar-refractivity contribution in [1.29, 1.82) is 0 Å². The number of aryl methyl sites for hydroxylation is 1. The number of piperidine rings is 1. The minimum Gasteiger partial charge on any atom is -0.486 e. The molecule has 2 aliphatic heterocycles. The van der Waals surface area contributed by atoms with E-state index in [4.69, 9.17) is 15.2 Å². The number of aromatic nitrogens is 1. The number of nitrogens with one attached hydrogen (secondary N) is 2. The summed E-state index contributed by atoms with van der Waals surface area (Å²) < 4.78 is 11.4. The first kappa shape index (κ1) is 21.6. The number of carbonyl (C=O) groups is 1. The largest absolute Gasteiger partial charge is 0.486 e. The van der Waals surface area contributed by atoms with Crippen LogP contribution in [0.1, 0.15) is 36.8 Å². The Morgan fingerprint density at radius 2 is 1.87 bits per heavy atom. The van der Waals surface area contributed by atoms with E-state index in [2.05, 4.69) is 15.6 Å². The fourth-order valence-electron chi connectivity index (χ4n) is 4.54. The molecular weight excluding hydrogens is 392 g/mol. The van der Waals surface area contributed by atoms with Crippen LogP contribution in [0.15, 0.2) is 42.7 Å². The molecule has 1 amide bonds. The number of ether oxygens (including phenoxy) is 2. The van der Waals surface area contributed by atoms with Crippen molar-refractivity contribution in [2.75, 3.05) is 32.8 Å². The van der Waals surface area contributed by atoms with Gasteiger partial charge >= 0.3 is 0 Å². The summed E-state index contributed by atoms with van der Waals surface area (Å²) in [5.74, 6) is 1.67. The van der Waals surface area contributed by atoms with Crippen molar-refractivity contribution in [3.8, 4) is 11.5 Å². The lowest BCUT2D eigenvalue weighted by atomic mass is 9.82. The van der Waals surface area contributed by atoms with Crippen molar-refractivity contribution >= 4 is 5.91 Å². The third-order valence-electron chi connectivity index (χ3n) is 6.43. The zero-order valence-corrected chi connectivity index (χ0v) is 17.9. The van der Waals surface area contributed by atoms with Gasteiger partial charge in [-0.15, -0.1) is 0 Å². The van der Waals surface area contributed by atoms with Crippen molar-refractivity contribution in [3.05, 3.63) is 53.9 Å². The average Bonchev–Trinajstić information content (AvgIpc) is 2.82. The fourth-order valence-corrected chi connectivity index (χ4v) is 4.54. The second-order valence-corrected chi connectivity index (χ2v) is 8.39. The maximum atomic E-state index is 13.0. The van der Waals surface area contributed by atoms with Gasteiger partial charge in [-0.05, 0) is 93.0 Å². The Kier molecular flexibility index (Phi) is 7.04. The highest BCUT2D eigenvalue weighted by molar-refractivity contribution is 5.86. The lowest BCUT2D eigenvalue weighted by molar-refractivity contribution is -0.125. The average molecular weight is 425 g/mol. The van der Waals surface area contributed by atoms with Gasteiger partial charge in [0.1, 0.15) is 18.8 Å². The minimum absolute atomic E-state index is 0.372. The lowest BCUT2D eigenvalue weighted by Gasteiger charge is -2.34. The highest BCUT2D eigenvalue weighted by atomic mass is 16.6. The van der Waals surface area contributed by atoms with Crippen LogP contribution in [0.2, 0.25) is 0 Å². The maximum absolute atomic E-state index is 13.0. The molecular formula is C24H32N4O3. The first-order valence-corrected chi connectivity index (χ1v) is 11.2. The van der Waals surface area contributed by atoms with Crippen molar-refractivity contribution in [2.24, 2.45) is 11.7 Å². The molecule has 3 heterocycles. The van der Waals surface area contributed by atoms with E-state index < -0.39 is 5.54 Å². The number of benzene rings is 1. The molecule has 2 aliphatic rings. The first-order chi connectivity index (χ1) is 15.2. The Morgan fingerprint density at radius 1 is 1.13 bits per heavy atom. The third-order valence-corrected chi connectivity index (χ3v) is 6.43. The number of amides is 1. The number of hydrogen-bond acceptors (Lipinski definition) is 6. The van der Waals surface area contributed by atoms with Gasteiger partial charge in [0, 0.05) is 12.4 Å². The molecule has 0 spiro atoms. The van der Waals surface area contributed by atoms with Gasteiger partial charge < -0.3 is 20.5 Å². The van der Waals surface area contributed by atoms with Gasteiger partial charge in [0.25, 0.3) is 0 Å². The summed E-state index contributed by atoms with van der Waals surface area (Å²) in [6.45, 7) is 3.90. The van der Waals surface area contributed by atoms with Gasteiger partial charge in [-0.3, -0.25) is 15.1 Å². The van der Waals surface area contributed by atoms with E-state index in [1.165, 1.54) is 12.8 Å². The minimum atomic E-state index is -0.980. The summed E-state index contributed by atoms with van der Waals surface area (Å²) in [6.07, 6.45) is 8.18. The van der Waals surface area contributed by atoms with Crippen LogP contribution in [0, 0.1) is 5.92 Å². The molecule has 1 aromatic carbocycles. The predicted octanol–water partition coefficient (Wildman–Crippen LogP) is 2.15. The Labute approximate surface area is 183 Å². The summed E-state index contributed by atoms with van der Waals surface area (Å²) in [4.78, 5) is 17.0. The lowest BCUT2D eigenvalue weighted by Crippen LogP contribution is -2.53. The summed E-state index contributed by atoms with van der Waals surface area (Å²) in [5, 5.41) is 6.97. The molecule has 0 radical (unpaired) electrons. The van der Waals surface area contributed by atoms with E-state index in [-0.39, 0.29) is 5.91 Å². The molecule has 1 unspecified atom stereocenters. The smallest absolute Gasteiger partial charge is 0.242 e. The zero-order chi connectivity index (χ0) is 21.5. The number of pyridine rings is 1. The van der Waals surface area contributed by atoms with Gasteiger partial charge in [0.2, 0.25) is 5.91 Å². The highest BCUT2D eigenvalue weighted by Gasteiger charge is 2.38. The molecule has 4 N–H and O–H groups in total. The van der Waals surface area contributed by atoms with Gasteiger partial charge in [0.05, 0.1) is 0 Å². The molecule has 7 heteroatoms. The van der Waals surface area contributed by atoms with Crippen LogP contribution in [0.25, 0.3) is 0 Å². The molecule has 1 atom stereocenters.